The molecule has 1 aliphatic carbocycles. The molecule has 1 aliphatic heterocycles. The van der Waals surface area contributed by atoms with E-state index in [-0.39, 0.29) is 29.4 Å². The van der Waals surface area contributed by atoms with Crippen LogP contribution in [0.15, 0.2) is 0 Å². The molecule has 2 rings (SSSR count). The molecule has 18 heavy (non-hydrogen) atoms. The zero-order valence-corrected chi connectivity index (χ0v) is 12.1. The van der Waals surface area contributed by atoms with E-state index in [0.29, 0.717) is 12.3 Å². The van der Waals surface area contributed by atoms with Crippen molar-refractivity contribution >= 4 is 15.7 Å². The molecule has 0 aromatic heterocycles. The summed E-state index contributed by atoms with van der Waals surface area (Å²) in [4.78, 5) is 14.0. The van der Waals surface area contributed by atoms with E-state index in [1.807, 2.05) is 6.92 Å². The first-order valence-corrected chi connectivity index (χ1v) is 8.70. The van der Waals surface area contributed by atoms with Gasteiger partial charge in [-0.1, -0.05) is 19.8 Å². The van der Waals surface area contributed by atoms with E-state index in [4.69, 9.17) is 0 Å². The Morgan fingerprint density at radius 1 is 1.22 bits per heavy atom. The van der Waals surface area contributed by atoms with E-state index >= 15 is 0 Å². The molecule has 0 aromatic carbocycles. The van der Waals surface area contributed by atoms with Crippen LogP contribution in [0, 0.1) is 11.8 Å². The first kappa shape index (κ1) is 13.8. The zero-order chi connectivity index (χ0) is 13.3. The van der Waals surface area contributed by atoms with Gasteiger partial charge in [-0.05, 0) is 25.2 Å². The number of hydrogen-bond acceptors (Lipinski definition) is 3. The van der Waals surface area contributed by atoms with Crippen LogP contribution in [-0.2, 0) is 14.6 Å². The van der Waals surface area contributed by atoms with Crippen LogP contribution in [0.2, 0.25) is 0 Å². The molecular formula is C13H23NO3S. The lowest BCUT2D eigenvalue weighted by Crippen LogP contribution is -2.42. The van der Waals surface area contributed by atoms with Gasteiger partial charge in [-0.15, -0.1) is 0 Å². The van der Waals surface area contributed by atoms with E-state index in [0.717, 1.165) is 12.8 Å². The maximum Gasteiger partial charge on any atom is 0.225 e. The molecular weight excluding hydrogens is 250 g/mol. The van der Waals surface area contributed by atoms with Crippen molar-refractivity contribution in [2.75, 3.05) is 18.6 Å². The van der Waals surface area contributed by atoms with E-state index in [9.17, 15) is 13.2 Å². The average molecular weight is 273 g/mol. The lowest BCUT2D eigenvalue weighted by atomic mass is 9.91. The van der Waals surface area contributed by atoms with Crippen molar-refractivity contribution in [3.63, 3.8) is 0 Å². The van der Waals surface area contributed by atoms with Gasteiger partial charge >= 0.3 is 0 Å². The van der Waals surface area contributed by atoms with E-state index < -0.39 is 9.84 Å². The molecule has 0 N–H and O–H groups in total. The first-order chi connectivity index (χ1) is 8.41. The van der Waals surface area contributed by atoms with Crippen molar-refractivity contribution in [3.8, 4) is 0 Å². The summed E-state index contributed by atoms with van der Waals surface area (Å²) in [6.07, 6.45) is 5.34. The predicted octanol–water partition coefficient (Wildman–Crippen LogP) is 1.46. The van der Waals surface area contributed by atoms with Crippen LogP contribution in [0.1, 0.15) is 39.0 Å². The summed E-state index contributed by atoms with van der Waals surface area (Å²) >= 11 is 0. The minimum atomic E-state index is -2.91. The van der Waals surface area contributed by atoms with Gasteiger partial charge in [0, 0.05) is 19.0 Å². The predicted molar refractivity (Wildman–Crippen MR) is 71.0 cm³/mol. The highest BCUT2D eigenvalue weighted by molar-refractivity contribution is 7.91. The Hall–Kier alpha value is -0.580. The van der Waals surface area contributed by atoms with Crippen LogP contribution >= 0.6 is 0 Å². The number of rotatable bonds is 3. The van der Waals surface area contributed by atoms with Gasteiger partial charge in [-0.3, -0.25) is 4.79 Å². The highest BCUT2D eigenvalue weighted by Gasteiger charge is 2.36. The maximum absolute atomic E-state index is 12.4. The molecule has 1 amide bonds. The number of hydrogen-bond donors (Lipinski definition) is 0. The third-order valence-electron chi connectivity index (χ3n) is 4.60. The quantitative estimate of drug-likeness (QED) is 0.782. The monoisotopic (exact) mass is 273 g/mol. The minimum Gasteiger partial charge on any atom is -0.341 e. The Morgan fingerprint density at radius 3 is 2.33 bits per heavy atom. The number of amides is 1. The van der Waals surface area contributed by atoms with Crippen LogP contribution < -0.4 is 0 Å². The highest BCUT2D eigenvalue weighted by atomic mass is 32.2. The average Bonchev–Trinajstić information content (AvgIpc) is 2.95. The zero-order valence-electron chi connectivity index (χ0n) is 11.3. The van der Waals surface area contributed by atoms with Gasteiger partial charge < -0.3 is 4.90 Å². The van der Waals surface area contributed by atoms with Crippen molar-refractivity contribution in [2.45, 2.75) is 45.1 Å². The fourth-order valence-corrected chi connectivity index (χ4v) is 5.02. The van der Waals surface area contributed by atoms with Crippen molar-refractivity contribution in [3.05, 3.63) is 0 Å². The van der Waals surface area contributed by atoms with Gasteiger partial charge in [0.2, 0.25) is 5.91 Å². The highest BCUT2D eigenvalue weighted by Crippen LogP contribution is 2.32. The number of carbonyl (C=O) groups excluding carboxylic acids is 1. The van der Waals surface area contributed by atoms with Gasteiger partial charge in [0.05, 0.1) is 11.5 Å². The van der Waals surface area contributed by atoms with Gasteiger partial charge in [0.1, 0.15) is 0 Å². The summed E-state index contributed by atoms with van der Waals surface area (Å²) < 4.78 is 22.9. The number of nitrogens with zero attached hydrogens (tertiary/aromatic N) is 1. The summed E-state index contributed by atoms with van der Waals surface area (Å²) in [7, 11) is -1.15. The minimum absolute atomic E-state index is 0.0424. The Bertz CT molecular complexity index is 412. The first-order valence-electron chi connectivity index (χ1n) is 6.88. The summed E-state index contributed by atoms with van der Waals surface area (Å²) in [6.45, 7) is 2.00. The molecule has 104 valence electrons. The van der Waals surface area contributed by atoms with E-state index in [1.165, 1.54) is 12.8 Å². The summed E-state index contributed by atoms with van der Waals surface area (Å²) in [5.74, 6) is 1.04. The van der Waals surface area contributed by atoms with Crippen molar-refractivity contribution in [1.82, 2.24) is 4.90 Å². The van der Waals surface area contributed by atoms with Gasteiger partial charge in [-0.25, -0.2) is 8.42 Å². The Labute approximate surface area is 110 Å². The van der Waals surface area contributed by atoms with Gasteiger partial charge in [-0.2, -0.15) is 0 Å². The molecule has 5 heteroatoms. The van der Waals surface area contributed by atoms with E-state index in [2.05, 4.69) is 0 Å². The third-order valence-corrected chi connectivity index (χ3v) is 6.35. The molecule has 2 aliphatic rings. The molecule has 0 radical (unpaired) electrons. The van der Waals surface area contributed by atoms with Crippen LogP contribution in [0.25, 0.3) is 0 Å². The largest absolute Gasteiger partial charge is 0.341 e. The molecule has 1 saturated heterocycles. The van der Waals surface area contributed by atoms with Crippen molar-refractivity contribution in [2.24, 2.45) is 11.8 Å². The van der Waals surface area contributed by atoms with Crippen LogP contribution in [0.5, 0.6) is 0 Å². The standard InChI is InChI=1S/C13H23NO3S/c1-10(11-5-3-4-6-11)13(15)14(2)12-7-8-18(16,17)9-12/h10-12H,3-9H2,1-2H3. The molecule has 4 nitrogen and oxygen atoms in total. The normalized spacial score (nSPS) is 29.3. The molecule has 0 spiro atoms. The smallest absolute Gasteiger partial charge is 0.225 e. The number of sulfone groups is 1. The lowest BCUT2D eigenvalue weighted by Gasteiger charge is -2.29. The molecule has 0 aromatic rings. The SMILES string of the molecule is CC(C(=O)N(C)C1CCS(=O)(=O)C1)C1CCCC1. The second-order valence-electron chi connectivity index (χ2n) is 5.84. The fourth-order valence-electron chi connectivity index (χ4n) is 3.24. The second-order valence-corrected chi connectivity index (χ2v) is 8.07. The summed E-state index contributed by atoms with van der Waals surface area (Å²) in [5.41, 5.74) is 0. The Balaban J connectivity index is 1.96. The maximum atomic E-state index is 12.4. The molecule has 2 unspecified atom stereocenters. The molecule has 2 fully saturated rings. The Morgan fingerprint density at radius 2 is 1.83 bits per heavy atom. The van der Waals surface area contributed by atoms with Crippen molar-refractivity contribution < 1.29 is 13.2 Å². The molecule has 1 saturated carbocycles. The van der Waals surface area contributed by atoms with Crippen LogP contribution in [0.4, 0.5) is 0 Å². The Kier molecular flexibility index (Phi) is 3.99. The molecule has 2 atom stereocenters. The fraction of sp³-hybridized carbons (Fsp3) is 0.923. The van der Waals surface area contributed by atoms with Gasteiger partial charge in [0.25, 0.3) is 0 Å². The lowest BCUT2D eigenvalue weighted by molar-refractivity contribution is -0.137. The second kappa shape index (κ2) is 5.19. The number of carbonyl (C=O) groups is 1. The molecule has 0 bridgehead atoms. The van der Waals surface area contributed by atoms with Crippen molar-refractivity contribution in [1.29, 1.82) is 0 Å². The van der Waals surface area contributed by atoms with Crippen LogP contribution in [0.3, 0.4) is 0 Å². The summed E-state index contributed by atoms with van der Waals surface area (Å²) in [6, 6.07) is -0.105. The van der Waals surface area contributed by atoms with E-state index in [1.54, 1.807) is 11.9 Å². The van der Waals surface area contributed by atoms with Crippen LogP contribution in [-0.4, -0.2) is 43.8 Å². The topological polar surface area (TPSA) is 54.5 Å². The molecule has 1 heterocycles. The van der Waals surface area contributed by atoms with Gasteiger partial charge in [0.15, 0.2) is 9.84 Å². The third kappa shape index (κ3) is 2.87. The summed E-state index contributed by atoms with van der Waals surface area (Å²) in [5, 5.41) is 0.